The number of amides is 2. The van der Waals surface area contributed by atoms with Crippen LogP contribution in [0.3, 0.4) is 0 Å². The molecule has 0 bridgehead atoms. The molecule has 0 saturated heterocycles. The number of carbonyl (C=O) groups is 2. The van der Waals surface area contributed by atoms with Gasteiger partial charge in [0.1, 0.15) is 12.1 Å². The number of benzene rings is 3. The molecular weight excluding hydrogens is 457 g/mol. The van der Waals surface area contributed by atoms with Crippen LogP contribution < -0.4 is 10.2 Å². The van der Waals surface area contributed by atoms with Crippen molar-refractivity contribution >= 4 is 17.5 Å². The van der Waals surface area contributed by atoms with Crippen LogP contribution in [0.5, 0.6) is 0 Å². The van der Waals surface area contributed by atoms with Crippen LogP contribution in [-0.4, -0.2) is 33.1 Å². The Labute approximate surface area is 208 Å². The highest BCUT2D eigenvalue weighted by Gasteiger charge is 2.36. The van der Waals surface area contributed by atoms with E-state index in [-0.39, 0.29) is 36.1 Å². The molecule has 2 heterocycles. The average Bonchev–Trinajstić information content (AvgIpc) is 3.53. The van der Waals surface area contributed by atoms with Gasteiger partial charge in [0.15, 0.2) is 5.82 Å². The van der Waals surface area contributed by atoms with Crippen molar-refractivity contribution in [3.63, 3.8) is 0 Å². The van der Waals surface area contributed by atoms with E-state index < -0.39 is 0 Å². The molecule has 1 N–H and O–H groups in total. The Morgan fingerprint density at radius 2 is 1.78 bits per heavy atom. The van der Waals surface area contributed by atoms with Gasteiger partial charge in [-0.05, 0) is 67.4 Å². The lowest BCUT2D eigenvalue weighted by Crippen LogP contribution is -2.30. The Hall–Kier alpha value is -4.33. The van der Waals surface area contributed by atoms with Gasteiger partial charge < -0.3 is 10.2 Å². The number of rotatable bonds is 6. The van der Waals surface area contributed by atoms with Crippen molar-refractivity contribution in [1.29, 1.82) is 0 Å². The van der Waals surface area contributed by atoms with Crippen molar-refractivity contribution in [2.45, 2.75) is 32.4 Å². The number of halogens is 1. The van der Waals surface area contributed by atoms with Gasteiger partial charge in [-0.3, -0.25) is 14.3 Å². The van der Waals surface area contributed by atoms with E-state index in [1.54, 1.807) is 46.2 Å². The van der Waals surface area contributed by atoms with Crippen LogP contribution >= 0.6 is 0 Å². The molecule has 1 aromatic heterocycles. The summed E-state index contributed by atoms with van der Waals surface area (Å²) >= 11 is 0. The second kappa shape index (κ2) is 9.73. The maximum atomic E-state index is 13.4. The van der Waals surface area contributed by atoms with Gasteiger partial charge >= 0.3 is 0 Å². The summed E-state index contributed by atoms with van der Waals surface area (Å²) in [4.78, 5) is 32.6. The van der Waals surface area contributed by atoms with Crippen LogP contribution in [0, 0.1) is 5.82 Å². The van der Waals surface area contributed by atoms with E-state index in [9.17, 15) is 14.0 Å². The Bertz CT molecular complexity index is 1400. The van der Waals surface area contributed by atoms with E-state index in [4.69, 9.17) is 0 Å². The lowest BCUT2D eigenvalue weighted by molar-refractivity contribution is 0.0949. The summed E-state index contributed by atoms with van der Waals surface area (Å²) < 4.78 is 15.0. The van der Waals surface area contributed by atoms with Gasteiger partial charge in [-0.2, -0.15) is 5.10 Å². The van der Waals surface area contributed by atoms with Crippen molar-refractivity contribution < 1.29 is 14.0 Å². The van der Waals surface area contributed by atoms with Gasteiger partial charge in [0, 0.05) is 35.9 Å². The third kappa shape index (κ3) is 4.62. The standard InChI is InChI=1S/C28H26FN5O2/c1-18(2)34-17-31-26(32-34)24-16-33(28(36)20-6-4-3-5-7-20)25-13-10-21(14-23(24)25)27(35)30-15-19-8-11-22(29)12-9-19/h3-14,17-18,24H,15-16H2,1-2H3,(H,30,35)/t24-/m1/s1. The fraction of sp³-hybridized carbons (Fsp3) is 0.214. The highest BCUT2D eigenvalue weighted by molar-refractivity contribution is 6.08. The van der Waals surface area contributed by atoms with Crippen LogP contribution in [0.1, 0.15) is 63.5 Å². The molecule has 1 aliphatic heterocycles. The molecule has 1 aliphatic rings. The number of hydrogen-bond donors (Lipinski definition) is 1. The number of nitrogens with zero attached hydrogens (tertiary/aromatic N) is 4. The highest BCUT2D eigenvalue weighted by Crippen LogP contribution is 2.40. The molecule has 36 heavy (non-hydrogen) atoms. The first kappa shape index (κ1) is 23.4. The van der Waals surface area contributed by atoms with Crippen molar-refractivity contribution in [3.05, 3.63) is 113 Å². The molecule has 0 saturated carbocycles. The van der Waals surface area contributed by atoms with Gasteiger partial charge in [-0.15, -0.1) is 0 Å². The first-order valence-electron chi connectivity index (χ1n) is 11.8. The lowest BCUT2D eigenvalue weighted by Gasteiger charge is -2.18. The summed E-state index contributed by atoms with van der Waals surface area (Å²) in [7, 11) is 0. The molecule has 0 unspecified atom stereocenters. The fourth-order valence-electron chi connectivity index (χ4n) is 4.33. The molecule has 7 nitrogen and oxygen atoms in total. The molecule has 0 spiro atoms. The van der Waals surface area contributed by atoms with Crippen LogP contribution in [0.25, 0.3) is 0 Å². The number of hydrogen-bond acceptors (Lipinski definition) is 4. The fourth-order valence-corrected chi connectivity index (χ4v) is 4.33. The van der Waals surface area contributed by atoms with Gasteiger partial charge in [-0.25, -0.2) is 9.37 Å². The Balaban J connectivity index is 1.45. The molecule has 0 aliphatic carbocycles. The minimum absolute atomic E-state index is 0.115. The summed E-state index contributed by atoms with van der Waals surface area (Å²) in [5.41, 5.74) is 3.43. The molecule has 0 radical (unpaired) electrons. The van der Waals surface area contributed by atoms with Crippen molar-refractivity contribution in [1.82, 2.24) is 20.1 Å². The molecular formula is C28H26FN5O2. The Kier molecular flexibility index (Phi) is 6.33. The summed E-state index contributed by atoms with van der Waals surface area (Å²) in [5.74, 6) is -0.349. The number of fused-ring (bicyclic) bond motifs is 1. The monoisotopic (exact) mass is 483 g/mol. The smallest absolute Gasteiger partial charge is 0.258 e. The maximum absolute atomic E-state index is 13.4. The quantitative estimate of drug-likeness (QED) is 0.430. The van der Waals surface area contributed by atoms with Crippen LogP contribution in [0.2, 0.25) is 0 Å². The minimum Gasteiger partial charge on any atom is -0.348 e. The Morgan fingerprint density at radius 3 is 2.47 bits per heavy atom. The predicted molar refractivity (Wildman–Crippen MR) is 134 cm³/mol. The SMILES string of the molecule is CC(C)n1cnc([C@@H]2CN(C(=O)c3ccccc3)c3ccc(C(=O)NCc4ccc(F)cc4)cc32)n1. The third-order valence-corrected chi connectivity index (χ3v) is 6.32. The van der Waals surface area contributed by atoms with E-state index >= 15 is 0 Å². The molecule has 3 aromatic carbocycles. The first-order valence-corrected chi connectivity index (χ1v) is 11.8. The van der Waals surface area contributed by atoms with Crippen LogP contribution in [-0.2, 0) is 6.54 Å². The van der Waals surface area contributed by atoms with Gasteiger partial charge in [-0.1, -0.05) is 30.3 Å². The topological polar surface area (TPSA) is 80.1 Å². The molecule has 8 heteroatoms. The van der Waals surface area contributed by atoms with Gasteiger partial charge in [0.25, 0.3) is 11.8 Å². The Morgan fingerprint density at radius 1 is 1.03 bits per heavy atom. The summed E-state index contributed by atoms with van der Waals surface area (Å²) in [5, 5.41) is 7.53. The van der Waals surface area contributed by atoms with E-state index in [1.807, 2.05) is 44.2 Å². The zero-order valence-corrected chi connectivity index (χ0v) is 20.1. The van der Waals surface area contributed by atoms with E-state index in [0.29, 0.717) is 23.5 Å². The zero-order chi connectivity index (χ0) is 25.2. The van der Waals surface area contributed by atoms with Crippen molar-refractivity contribution in [2.75, 3.05) is 11.4 Å². The molecule has 0 fully saturated rings. The second-order valence-corrected chi connectivity index (χ2v) is 9.09. The van der Waals surface area contributed by atoms with Gasteiger partial charge in [0.05, 0.1) is 5.92 Å². The predicted octanol–water partition coefficient (Wildman–Crippen LogP) is 4.72. The largest absolute Gasteiger partial charge is 0.348 e. The van der Waals surface area contributed by atoms with E-state index in [0.717, 1.165) is 16.8 Å². The van der Waals surface area contributed by atoms with E-state index in [1.165, 1.54) is 12.1 Å². The van der Waals surface area contributed by atoms with Crippen molar-refractivity contribution in [2.24, 2.45) is 0 Å². The molecule has 4 aromatic rings. The highest BCUT2D eigenvalue weighted by atomic mass is 19.1. The van der Waals surface area contributed by atoms with E-state index in [2.05, 4.69) is 15.4 Å². The lowest BCUT2D eigenvalue weighted by atomic mass is 9.98. The first-order chi connectivity index (χ1) is 17.4. The number of carbonyl (C=O) groups excluding carboxylic acids is 2. The third-order valence-electron chi connectivity index (χ3n) is 6.32. The summed E-state index contributed by atoms with van der Waals surface area (Å²) in [6.45, 7) is 4.70. The number of anilines is 1. The minimum atomic E-state index is -0.321. The molecule has 5 rings (SSSR count). The van der Waals surface area contributed by atoms with Gasteiger partial charge in [0.2, 0.25) is 0 Å². The molecule has 1 atom stereocenters. The zero-order valence-electron chi connectivity index (χ0n) is 20.1. The summed E-state index contributed by atoms with van der Waals surface area (Å²) in [6.07, 6.45) is 1.70. The number of nitrogens with one attached hydrogen (secondary N) is 1. The molecule has 2 amide bonds. The number of aromatic nitrogens is 3. The second-order valence-electron chi connectivity index (χ2n) is 9.09. The summed E-state index contributed by atoms with van der Waals surface area (Å²) in [6, 6.07) is 20.6. The van der Waals surface area contributed by atoms with Crippen LogP contribution in [0.4, 0.5) is 10.1 Å². The normalized spacial score (nSPS) is 14.7. The van der Waals surface area contributed by atoms with Crippen molar-refractivity contribution in [3.8, 4) is 0 Å². The van der Waals surface area contributed by atoms with Crippen LogP contribution in [0.15, 0.2) is 79.1 Å². The maximum Gasteiger partial charge on any atom is 0.258 e. The average molecular weight is 484 g/mol. The molecule has 182 valence electrons.